The summed E-state index contributed by atoms with van der Waals surface area (Å²) < 4.78 is 0. The van der Waals surface area contributed by atoms with Crippen LogP contribution in [0.5, 0.6) is 0 Å². The van der Waals surface area contributed by atoms with E-state index in [4.69, 9.17) is 11.6 Å². The molecule has 1 N–H and O–H groups in total. The van der Waals surface area contributed by atoms with Crippen LogP contribution < -0.4 is 5.32 Å². The summed E-state index contributed by atoms with van der Waals surface area (Å²) in [6.45, 7) is 1.84. The van der Waals surface area contributed by atoms with E-state index in [0.29, 0.717) is 11.5 Å². The molecule has 0 bridgehead atoms. The van der Waals surface area contributed by atoms with Crippen molar-refractivity contribution >= 4 is 17.5 Å². The molecular weight excluding hydrogens is 174 g/mol. The number of allylic oxidation sites excluding steroid dienone is 3. The Labute approximate surface area is 77.3 Å². The number of halogens is 1. The van der Waals surface area contributed by atoms with E-state index < -0.39 is 5.41 Å². The molecule has 0 spiro atoms. The molecule has 1 rings (SSSR count). The van der Waals surface area contributed by atoms with Gasteiger partial charge in [-0.05, 0) is 19.4 Å². The standard InChI is InChI=1S/C9H12ClNO/c1-9(8(12)11-2)6-4-3-5-7(9)10/h3-5H,6H2,1-2H3,(H,11,12). The Hall–Kier alpha value is -0.760. The van der Waals surface area contributed by atoms with E-state index in [2.05, 4.69) is 5.32 Å². The zero-order valence-corrected chi connectivity index (χ0v) is 7.98. The highest BCUT2D eigenvalue weighted by atomic mass is 35.5. The maximum absolute atomic E-state index is 11.4. The second-order valence-corrected chi connectivity index (χ2v) is 3.47. The summed E-state index contributed by atoms with van der Waals surface area (Å²) >= 11 is 5.95. The maximum Gasteiger partial charge on any atom is 0.231 e. The molecule has 0 heterocycles. The summed E-state index contributed by atoms with van der Waals surface area (Å²) in [5.41, 5.74) is -0.564. The summed E-state index contributed by atoms with van der Waals surface area (Å²) in [6, 6.07) is 0. The highest BCUT2D eigenvalue weighted by Gasteiger charge is 2.35. The van der Waals surface area contributed by atoms with Gasteiger partial charge in [0.2, 0.25) is 5.91 Å². The molecule has 0 saturated heterocycles. The molecule has 1 atom stereocenters. The van der Waals surface area contributed by atoms with Crippen molar-refractivity contribution in [2.45, 2.75) is 13.3 Å². The lowest BCUT2D eigenvalue weighted by Crippen LogP contribution is -2.37. The Morgan fingerprint density at radius 2 is 2.42 bits per heavy atom. The Morgan fingerprint density at radius 1 is 1.75 bits per heavy atom. The van der Waals surface area contributed by atoms with Gasteiger partial charge < -0.3 is 5.32 Å². The summed E-state index contributed by atoms with van der Waals surface area (Å²) in [5, 5.41) is 3.21. The number of hydrogen-bond donors (Lipinski definition) is 1. The van der Waals surface area contributed by atoms with Crippen LogP contribution in [0.1, 0.15) is 13.3 Å². The zero-order chi connectivity index (χ0) is 9.19. The monoisotopic (exact) mass is 185 g/mol. The lowest BCUT2D eigenvalue weighted by Gasteiger charge is -2.27. The molecule has 1 aliphatic rings. The molecule has 0 aliphatic heterocycles. The van der Waals surface area contributed by atoms with Crippen LogP contribution in [0.2, 0.25) is 0 Å². The number of carbonyl (C=O) groups excluding carboxylic acids is 1. The van der Waals surface area contributed by atoms with Crippen LogP contribution in [0.3, 0.4) is 0 Å². The number of rotatable bonds is 1. The Morgan fingerprint density at radius 3 is 2.92 bits per heavy atom. The molecule has 0 aromatic heterocycles. The van der Waals surface area contributed by atoms with Crippen LogP contribution in [-0.2, 0) is 4.79 Å². The number of nitrogens with one attached hydrogen (secondary N) is 1. The third-order valence-corrected chi connectivity index (χ3v) is 2.70. The van der Waals surface area contributed by atoms with E-state index in [-0.39, 0.29) is 5.91 Å². The lowest BCUT2D eigenvalue weighted by atomic mass is 9.82. The first-order valence-electron chi connectivity index (χ1n) is 3.86. The first-order chi connectivity index (χ1) is 5.61. The molecule has 1 amide bonds. The smallest absolute Gasteiger partial charge is 0.231 e. The molecule has 0 radical (unpaired) electrons. The predicted molar refractivity (Wildman–Crippen MR) is 49.9 cm³/mol. The van der Waals surface area contributed by atoms with E-state index >= 15 is 0 Å². The van der Waals surface area contributed by atoms with Crippen molar-refractivity contribution in [1.82, 2.24) is 5.32 Å². The third-order valence-electron chi connectivity index (χ3n) is 2.16. The molecule has 0 fully saturated rings. The minimum Gasteiger partial charge on any atom is -0.358 e. The van der Waals surface area contributed by atoms with E-state index in [1.54, 1.807) is 13.1 Å². The molecule has 66 valence electrons. The van der Waals surface area contributed by atoms with Gasteiger partial charge in [-0.1, -0.05) is 23.8 Å². The quantitative estimate of drug-likeness (QED) is 0.664. The van der Waals surface area contributed by atoms with Crippen molar-refractivity contribution in [2.24, 2.45) is 5.41 Å². The highest BCUT2D eigenvalue weighted by molar-refractivity contribution is 6.32. The normalized spacial score (nSPS) is 28.1. The topological polar surface area (TPSA) is 29.1 Å². The van der Waals surface area contributed by atoms with Gasteiger partial charge in [0.1, 0.15) is 0 Å². The van der Waals surface area contributed by atoms with Crippen molar-refractivity contribution in [3.05, 3.63) is 23.3 Å². The Kier molecular flexibility index (Phi) is 2.58. The Balaban J connectivity index is 2.92. The molecule has 2 nitrogen and oxygen atoms in total. The predicted octanol–water partition coefficient (Wildman–Crippen LogP) is 1.82. The van der Waals surface area contributed by atoms with Gasteiger partial charge in [0.05, 0.1) is 5.41 Å². The summed E-state index contributed by atoms with van der Waals surface area (Å²) in [7, 11) is 1.62. The number of carbonyl (C=O) groups is 1. The van der Waals surface area contributed by atoms with Gasteiger partial charge >= 0.3 is 0 Å². The minimum atomic E-state index is -0.564. The van der Waals surface area contributed by atoms with Crippen molar-refractivity contribution in [1.29, 1.82) is 0 Å². The van der Waals surface area contributed by atoms with Crippen LogP contribution in [0.25, 0.3) is 0 Å². The van der Waals surface area contributed by atoms with Crippen molar-refractivity contribution in [2.75, 3.05) is 7.05 Å². The fourth-order valence-electron chi connectivity index (χ4n) is 1.21. The van der Waals surface area contributed by atoms with Crippen LogP contribution in [0.4, 0.5) is 0 Å². The lowest BCUT2D eigenvalue weighted by molar-refractivity contribution is -0.127. The maximum atomic E-state index is 11.4. The van der Waals surface area contributed by atoms with Gasteiger partial charge in [-0.3, -0.25) is 4.79 Å². The first kappa shape index (κ1) is 9.33. The van der Waals surface area contributed by atoms with Gasteiger partial charge in [-0.25, -0.2) is 0 Å². The molecule has 1 unspecified atom stereocenters. The van der Waals surface area contributed by atoms with Crippen molar-refractivity contribution in [3.8, 4) is 0 Å². The van der Waals surface area contributed by atoms with Gasteiger partial charge in [0.15, 0.2) is 0 Å². The van der Waals surface area contributed by atoms with Crippen LogP contribution in [-0.4, -0.2) is 13.0 Å². The van der Waals surface area contributed by atoms with E-state index in [0.717, 1.165) is 0 Å². The molecule has 3 heteroatoms. The minimum absolute atomic E-state index is 0.0342. The fraction of sp³-hybridized carbons (Fsp3) is 0.444. The number of hydrogen-bond acceptors (Lipinski definition) is 1. The SMILES string of the molecule is CNC(=O)C1(C)CC=CC=C1Cl. The van der Waals surface area contributed by atoms with Crippen LogP contribution in [0.15, 0.2) is 23.3 Å². The molecular formula is C9H12ClNO. The second kappa shape index (κ2) is 3.31. The molecule has 1 aliphatic carbocycles. The second-order valence-electron chi connectivity index (χ2n) is 3.06. The van der Waals surface area contributed by atoms with Crippen LogP contribution >= 0.6 is 11.6 Å². The molecule has 12 heavy (non-hydrogen) atoms. The van der Waals surface area contributed by atoms with Gasteiger partial charge in [-0.2, -0.15) is 0 Å². The third kappa shape index (κ3) is 1.39. The van der Waals surface area contributed by atoms with E-state index in [1.165, 1.54) is 0 Å². The van der Waals surface area contributed by atoms with E-state index in [1.807, 2.05) is 19.1 Å². The van der Waals surface area contributed by atoms with Gasteiger partial charge in [0.25, 0.3) is 0 Å². The largest absolute Gasteiger partial charge is 0.358 e. The summed E-state index contributed by atoms with van der Waals surface area (Å²) in [4.78, 5) is 11.4. The summed E-state index contributed by atoms with van der Waals surface area (Å²) in [6.07, 6.45) is 6.25. The average Bonchev–Trinajstić information content (AvgIpc) is 2.09. The highest BCUT2D eigenvalue weighted by Crippen LogP contribution is 2.36. The first-order valence-corrected chi connectivity index (χ1v) is 4.24. The van der Waals surface area contributed by atoms with Crippen LogP contribution in [0, 0.1) is 5.41 Å². The van der Waals surface area contributed by atoms with E-state index in [9.17, 15) is 4.79 Å². The molecule has 0 saturated carbocycles. The van der Waals surface area contributed by atoms with Crippen molar-refractivity contribution in [3.63, 3.8) is 0 Å². The number of amides is 1. The molecule has 0 aromatic carbocycles. The Bertz CT molecular complexity index is 257. The van der Waals surface area contributed by atoms with Crippen molar-refractivity contribution < 1.29 is 4.79 Å². The fourth-order valence-corrected chi connectivity index (χ4v) is 1.45. The summed E-state index contributed by atoms with van der Waals surface area (Å²) in [5.74, 6) is -0.0342. The average molecular weight is 186 g/mol. The van der Waals surface area contributed by atoms with Gasteiger partial charge in [-0.15, -0.1) is 0 Å². The van der Waals surface area contributed by atoms with Gasteiger partial charge in [0, 0.05) is 12.1 Å². The zero-order valence-electron chi connectivity index (χ0n) is 7.23. The molecule has 0 aromatic rings.